The van der Waals surface area contributed by atoms with Crippen LogP contribution in [0.5, 0.6) is 0 Å². The van der Waals surface area contributed by atoms with Crippen LogP contribution in [0.2, 0.25) is 0 Å². The van der Waals surface area contributed by atoms with Crippen molar-refractivity contribution in [3.05, 3.63) is 12.8 Å². The zero-order chi connectivity index (χ0) is 30.4. The Morgan fingerprint density at radius 2 is 0.762 bits per heavy atom. The summed E-state index contributed by atoms with van der Waals surface area (Å²) in [5, 5.41) is 0. The first-order chi connectivity index (χ1) is 20.8. The molecule has 0 aromatic carbocycles. The van der Waals surface area contributed by atoms with Crippen LogP contribution in [0.15, 0.2) is 12.8 Å². The van der Waals surface area contributed by atoms with Gasteiger partial charge in [-0.3, -0.25) is 4.79 Å². The van der Waals surface area contributed by atoms with Gasteiger partial charge in [-0.15, -0.1) is 0 Å². The summed E-state index contributed by atoms with van der Waals surface area (Å²) in [6.07, 6.45) is 7.47. The molecule has 42 heavy (non-hydrogen) atoms. The molecule has 0 rings (SSSR count). The summed E-state index contributed by atoms with van der Waals surface area (Å²) in [4.78, 5) is 11.6. The minimum absolute atomic E-state index is 0.147. The number of carbonyl (C=O) groups is 1. The van der Waals surface area contributed by atoms with E-state index in [2.05, 4.69) is 13.5 Å². The molecule has 0 aromatic rings. The van der Waals surface area contributed by atoms with Gasteiger partial charge in [0.25, 0.3) is 0 Å². The zero-order valence-corrected chi connectivity index (χ0v) is 26.1. The number of hydrogen-bond acceptors (Lipinski definition) is 12. The Labute approximate surface area is 253 Å². The molecule has 250 valence electrons. The summed E-state index contributed by atoms with van der Waals surface area (Å²) in [6, 6.07) is 0. The molecular weight excluding hydrogens is 552 g/mol. The lowest BCUT2D eigenvalue weighted by Crippen LogP contribution is -2.15. The maximum atomic E-state index is 11.6. The SMILES string of the molecule is C=COCCOCCOCCOCCOCCOCCOCCOCCOCCOCCOC(=O)CCCCCCC. The average molecular weight is 611 g/mol. The molecule has 0 unspecified atom stereocenters. The first-order valence-electron chi connectivity index (χ1n) is 15.4. The van der Waals surface area contributed by atoms with E-state index in [1.807, 2.05) is 0 Å². The van der Waals surface area contributed by atoms with Crippen LogP contribution < -0.4 is 0 Å². The van der Waals surface area contributed by atoms with Crippen molar-refractivity contribution in [1.29, 1.82) is 0 Å². The molecule has 0 amide bonds. The molecule has 0 atom stereocenters. The van der Waals surface area contributed by atoms with Crippen LogP contribution in [-0.2, 0) is 56.9 Å². The molecule has 0 radical (unpaired) electrons. The van der Waals surface area contributed by atoms with Gasteiger partial charge in [-0.05, 0) is 6.42 Å². The van der Waals surface area contributed by atoms with Crippen LogP contribution in [0.4, 0.5) is 0 Å². The molecule has 0 fully saturated rings. The van der Waals surface area contributed by atoms with Gasteiger partial charge in [0.1, 0.15) is 13.2 Å². The molecule has 0 bridgehead atoms. The highest BCUT2D eigenvalue weighted by atomic mass is 16.6. The van der Waals surface area contributed by atoms with Crippen molar-refractivity contribution in [2.75, 3.05) is 132 Å². The third-order valence-corrected chi connectivity index (χ3v) is 5.41. The maximum absolute atomic E-state index is 11.6. The fourth-order valence-electron chi connectivity index (χ4n) is 3.21. The molecule has 0 heterocycles. The molecule has 0 aromatic heterocycles. The third kappa shape index (κ3) is 36.7. The van der Waals surface area contributed by atoms with E-state index in [0.717, 1.165) is 12.8 Å². The summed E-state index contributed by atoms with van der Waals surface area (Å²) >= 11 is 0. The zero-order valence-electron chi connectivity index (χ0n) is 26.1. The maximum Gasteiger partial charge on any atom is 0.305 e. The number of rotatable bonds is 37. The molecule has 0 N–H and O–H groups in total. The van der Waals surface area contributed by atoms with Crippen LogP contribution in [-0.4, -0.2) is 138 Å². The highest BCUT2D eigenvalue weighted by molar-refractivity contribution is 5.69. The molecule has 12 nitrogen and oxygen atoms in total. The van der Waals surface area contributed by atoms with E-state index < -0.39 is 0 Å². The predicted octanol–water partition coefficient (Wildman–Crippen LogP) is 3.20. The topological polar surface area (TPSA) is 119 Å². The minimum atomic E-state index is -0.147. The fraction of sp³-hybridized carbons (Fsp3) is 0.900. The van der Waals surface area contributed by atoms with E-state index in [1.165, 1.54) is 25.5 Å². The van der Waals surface area contributed by atoms with Gasteiger partial charge in [0.2, 0.25) is 0 Å². The third-order valence-electron chi connectivity index (χ3n) is 5.41. The quantitative estimate of drug-likeness (QED) is 0.0584. The Hall–Kier alpha value is -1.35. The minimum Gasteiger partial charge on any atom is -0.499 e. The van der Waals surface area contributed by atoms with Crippen LogP contribution in [0.25, 0.3) is 0 Å². The largest absolute Gasteiger partial charge is 0.499 e. The van der Waals surface area contributed by atoms with Gasteiger partial charge in [0, 0.05) is 6.42 Å². The van der Waals surface area contributed by atoms with Crippen LogP contribution in [0, 0.1) is 0 Å². The summed E-state index contributed by atoms with van der Waals surface area (Å²) in [5.74, 6) is -0.147. The monoisotopic (exact) mass is 610 g/mol. The van der Waals surface area contributed by atoms with Crippen LogP contribution >= 0.6 is 0 Å². The van der Waals surface area contributed by atoms with Crippen molar-refractivity contribution in [2.45, 2.75) is 45.4 Å². The van der Waals surface area contributed by atoms with Crippen molar-refractivity contribution in [1.82, 2.24) is 0 Å². The number of ether oxygens (including phenoxy) is 11. The van der Waals surface area contributed by atoms with E-state index in [0.29, 0.717) is 132 Å². The van der Waals surface area contributed by atoms with Crippen molar-refractivity contribution >= 4 is 5.97 Å². The number of carbonyl (C=O) groups excluding carboxylic acids is 1. The fourth-order valence-corrected chi connectivity index (χ4v) is 3.21. The molecule has 0 saturated heterocycles. The van der Waals surface area contributed by atoms with Crippen LogP contribution in [0.3, 0.4) is 0 Å². The second kappa shape index (κ2) is 37.7. The molecular formula is C30H58O12. The predicted molar refractivity (Wildman–Crippen MR) is 158 cm³/mol. The van der Waals surface area contributed by atoms with E-state index in [9.17, 15) is 4.79 Å². The molecule has 0 saturated carbocycles. The number of hydrogen-bond donors (Lipinski definition) is 0. The van der Waals surface area contributed by atoms with Gasteiger partial charge in [-0.1, -0.05) is 39.2 Å². The number of unbranched alkanes of at least 4 members (excludes halogenated alkanes) is 4. The second-order valence-corrected chi connectivity index (χ2v) is 8.93. The lowest BCUT2D eigenvalue weighted by atomic mass is 10.1. The smallest absolute Gasteiger partial charge is 0.305 e. The average Bonchev–Trinajstić information content (AvgIpc) is 2.99. The van der Waals surface area contributed by atoms with Crippen molar-refractivity contribution < 1.29 is 56.9 Å². The summed E-state index contributed by atoms with van der Waals surface area (Å²) < 4.78 is 58.9. The first-order valence-corrected chi connectivity index (χ1v) is 15.4. The lowest BCUT2D eigenvalue weighted by molar-refractivity contribution is -0.145. The molecule has 0 aliphatic heterocycles. The Balaban J connectivity index is 3.08. The summed E-state index contributed by atoms with van der Waals surface area (Å²) in [6.45, 7) is 15.4. The van der Waals surface area contributed by atoms with E-state index >= 15 is 0 Å². The normalized spacial score (nSPS) is 11.2. The Kier molecular flexibility index (Phi) is 36.5. The van der Waals surface area contributed by atoms with Gasteiger partial charge in [-0.2, -0.15) is 0 Å². The van der Waals surface area contributed by atoms with Gasteiger partial charge in [-0.25, -0.2) is 0 Å². The van der Waals surface area contributed by atoms with Crippen molar-refractivity contribution in [2.24, 2.45) is 0 Å². The van der Waals surface area contributed by atoms with E-state index in [4.69, 9.17) is 52.1 Å². The van der Waals surface area contributed by atoms with E-state index in [-0.39, 0.29) is 12.6 Å². The second-order valence-electron chi connectivity index (χ2n) is 8.93. The Morgan fingerprint density at radius 1 is 0.452 bits per heavy atom. The Bertz CT molecular complexity index is 538. The number of esters is 1. The van der Waals surface area contributed by atoms with Gasteiger partial charge >= 0.3 is 5.97 Å². The highest BCUT2D eigenvalue weighted by Crippen LogP contribution is 2.05. The highest BCUT2D eigenvalue weighted by Gasteiger charge is 2.02. The van der Waals surface area contributed by atoms with Gasteiger partial charge < -0.3 is 52.1 Å². The lowest BCUT2D eigenvalue weighted by Gasteiger charge is -2.09. The van der Waals surface area contributed by atoms with Crippen molar-refractivity contribution in [3.8, 4) is 0 Å². The molecule has 12 heteroatoms. The van der Waals surface area contributed by atoms with E-state index in [1.54, 1.807) is 0 Å². The summed E-state index contributed by atoms with van der Waals surface area (Å²) in [5.41, 5.74) is 0. The van der Waals surface area contributed by atoms with Crippen molar-refractivity contribution in [3.63, 3.8) is 0 Å². The molecule has 0 aliphatic carbocycles. The molecule has 0 aliphatic rings. The first kappa shape index (κ1) is 40.6. The van der Waals surface area contributed by atoms with Gasteiger partial charge in [0.15, 0.2) is 0 Å². The summed E-state index contributed by atoms with van der Waals surface area (Å²) in [7, 11) is 0. The van der Waals surface area contributed by atoms with Gasteiger partial charge in [0.05, 0.1) is 125 Å². The molecule has 0 spiro atoms. The van der Waals surface area contributed by atoms with Crippen LogP contribution in [0.1, 0.15) is 45.4 Å². The standard InChI is InChI=1S/C30H58O12/c1-3-5-6-7-8-9-30(31)42-29-28-41-27-26-40-25-24-39-23-22-38-21-20-37-19-18-36-17-16-35-15-14-34-13-12-33-11-10-32-4-2/h4H,2-3,5-29H2,1H3. The Morgan fingerprint density at radius 3 is 1.10 bits per heavy atom.